The predicted molar refractivity (Wildman–Crippen MR) is 83.9 cm³/mol. The van der Waals surface area contributed by atoms with Crippen molar-refractivity contribution < 1.29 is 18.0 Å². The quantitative estimate of drug-likeness (QED) is 0.899. The number of carbonyl (C=O) groups excluding carboxylic acids is 1. The lowest BCUT2D eigenvalue weighted by molar-refractivity contribution is -0.118. The molecule has 0 radical (unpaired) electrons. The molecule has 5 nitrogen and oxygen atoms in total. The molecule has 2 N–H and O–H groups in total. The van der Waals surface area contributed by atoms with Crippen molar-refractivity contribution in [2.75, 3.05) is 11.9 Å². The molecule has 1 aliphatic heterocycles. The molecule has 1 saturated heterocycles. The van der Waals surface area contributed by atoms with Gasteiger partial charge in [0.1, 0.15) is 6.26 Å². The molecular weight excluding hydrogens is 328 g/mol. The van der Waals surface area contributed by atoms with Crippen molar-refractivity contribution in [3.63, 3.8) is 0 Å². The first kappa shape index (κ1) is 17.4. The van der Waals surface area contributed by atoms with Crippen LogP contribution >= 0.6 is 12.4 Å². The number of hydrogen-bond donors (Lipinski definition) is 2. The molecule has 1 unspecified atom stereocenters. The minimum absolute atomic E-state index is 0. The average molecular weight is 344 g/mol. The van der Waals surface area contributed by atoms with E-state index in [1.54, 1.807) is 24.3 Å². The maximum absolute atomic E-state index is 13.1. The van der Waals surface area contributed by atoms with Crippen molar-refractivity contribution in [2.45, 2.75) is 25.3 Å². The number of amides is 1. The number of oxazole rings is 1. The van der Waals surface area contributed by atoms with Crippen molar-refractivity contribution >= 4 is 24.0 Å². The molecular formula is C15H16ClF2N3O2. The van der Waals surface area contributed by atoms with Crippen LogP contribution in [0.15, 0.2) is 34.9 Å². The molecule has 0 spiro atoms. The van der Waals surface area contributed by atoms with E-state index in [4.69, 9.17) is 4.42 Å². The highest BCUT2D eigenvalue weighted by molar-refractivity contribution is 5.95. The van der Waals surface area contributed by atoms with Crippen LogP contribution in [0, 0.1) is 6.92 Å². The molecule has 124 valence electrons. The lowest BCUT2D eigenvalue weighted by Gasteiger charge is -2.11. The van der Waals surface area contributed by atoms with Crippen molar-refractivity contribution in [3.8, 4) is 11.5 Å². The Morgan fingerprint density at radius 2 is 2.26 bits per heavy atom. The second kappa shape index (κ2) is 6.64. The maximum Gasteiger partial charge on any atom is 0.262 e. The molecule has 1 amide bonds. The summed E-state index contributed by atoms with van der Waals surface area (Å²) in [5.41, 5.74) is 1.97. The van der Waals surface area contributed by atoms with Gasteiger partial charge in [0.05, 0.1) is 18.3 Å². The van der Waals surface area contributed by atoms with Gasteiger partial charge in [-0.3, -0.25) is 10.1 Å². The molecule has 3 rings (SSSR count). The van der Waals surface area contributed by atoms with Gasteiger partial charge in [-0.2, -0.15) is 0 Å². The normalized spacial score (nSPS) is 19.2. The van der Waals surface area contributed by atoms with E-state index in [0.29, 0.717) is 17.1 Å². The van der Waals surface area contributed by atoms with Crippen LogP contribution in [0.2, 0.25) is 0 Å². The van der Waals surface area contributed by atoms with Crippen LogP contribution in [0.3, 0.4) is 0 Å². The third-order valence-electron chi connectivity index (χ3n) is 3.42. The van der Waals surface area contributed by atoms with Gasteiger partial charge in [-0.25, -0.2) is 13.8 Å². The zero-order valence-electron chi connectivity index (χ0n) is 12.3. The summed E-state index contributed by atoms with van der Waals surface area (Å²) in [5, 5.41) is 5.16. The van der Waals surface area contributed by atoms with Crippen LogP contribution in [0.4, 0.5) is 14.5 Å². The molecule has 1 aromatic carbocycles. The standard InChI is InChI=1S/C15H15F2N3O2.ClH/c1-9-7-22-14(19-9)10-3-2-4-11(5-10)20-13(21)12-6-15(16,17)8-18-12;/h2-5,7,12,18H,6,8H2,1H3,(H,20,21);1H. The largest absolute Gasteiger partial charge is 0.444 e. The van der Waals surface area contributed by atoms with Crippen LogP contribution in [-0.4, -0.2) is 29.4 Å². The number of hydrogen-bond acceptors (Lipinski definition) is 4. The second-order valence-corrected chi connectivity index (χ2v) is 5.36. The van der Waals surface area contributed by atoms with E-state index in [2.05, 4.69) is 15.6 Å². The Kier molecular flexibility index (Phi) is 5.01. The number of alkyl halides is 2. The number of aromatic nitrogens is 1. The van der Waals surface area contributed by atoms with E-state index in [-0.39, 0.29) is 12.4 Å². The van der Waals surface area contributed by atoms with E-state index < -0.39 is 30.8 Å². The van der Waals surface area contributed by atoms with Gasteiger partial charge in [-0.1, -0.05) is 6.07 Å². The second-order valence-electron chi connectivity index (χ2n) is 5.36. The molecule has 8 heteroatoms. The Bertz CT molecular complexity index is 706. The van der Waals surface area contributed by atoms with Gasteiger partial charge in [0, 0.05) is 17.7 Å². The van der Waals surface area contributed by atoms with E-state index >= 15 is 0 Å². The average Bonchev–Trinajstić information content (AvgIpc) is 3.05. The molecule has 0 saturated carbocycles. The summed E-state index contributed by atoms with van der Waals surface area (Å²) in [4.78, 5) is 16.2. The van der Waals surface area contributed by atoms with Crippen molar-refractivity contribution in [1.29, 1.82) is 0 Å². The first-order valence-electron chi connectivity index (χ1n) is 6.88. The van der Waals surface area contributed by atoms with E-state index in [1.165, 1.54) is 6.26 Å². The highest BCUT2D eigenvalue weighted by atomic mass is 35.5. The van der Waals surface area contributed by atoms with Crippen molar-refractivity contribution in [1.82, 2.24) is 10.3 Å². The molecule has 0 bridgehead atoms. The van der Waals surface area contributed by atoms with Crippen LogP contribution in [0.25, 0.3) is 11.5 Å². The third kappa shape index (κ3) is 4.05. The van der Waals surface area contributed by atoms with Gasteiger partial charge in [0.2, 0.25) is 11.8 Å². The van der Waals surface area contributed by atoms with Crippen LogP contribution in [0.5, 0.6) is 0 Å². The zero-order valence-corrected chi connectivity index (χ0v) is 13.1. The molecule has 0 aliphatic carbocycles. The summed E-state index contributed by atoms with van der Waals surface area (Å²) in [6.45, 7) is 1.34. The topological polar surface area (TPSA) is 67.2 Å². The van der Waals surface area contributed by atoms with E-state index in [0.717, 1.165) is 5.69 Å². The molecule has 1 atom stereocenters. The third-order valence-corrected chi connectivity index (χ3v) is 3.42. The van der Waals surface area contributed by atoms with Gasteiger partial charge in [0.25, 0.3) is 5.92 Å². The number of benzene rings is 1. The summed E-state index contributed by atoms with van der Waals surface area (Å²) in [6.07, 6.45) is 1.04. The van der Waals surface area contributed by atoms with Gasteiger partial charge >= 0.3 is 0 Å². The molecule has 1 aliphatic rings. The molecule has 23 heavy (non-hydrogen) atoms. The maximum atomic E-state index is 13.1. The van der Waals surface area contributed by atoms with E-state index in [1.807, 2.05) is 6.92 Å². The zero-order chi connectivity index (χ0) is 15.7. The number of rotatable bonds is 3. The van der Waals surface area contributed by atoms with Gasteiger partial charge in [0.15, 0.2) is 0 Å². The van der Waals surface area contributed by atoms with Crippen LogP contribution in [0.1, 0.15) is 12.1 Å². The molecule has 1 fully saturated rings. The summed E-state index contributed by atoms with van der Waals surface area (Å²) in [6, 6.07) is 6.02. The Labute approximate surface area is 137 Å². The van der Waals surface area contributed by atoms with Crippen molar-refractivity contribution in [3.05, 3.63) is 36.2 Å². The van der Waals surface area contributed by atoms with Gasteiger partial charge in [-0.15, -0.1) is 12.4 Å². The first-order valence-corrected chi connectivity index (χ1v) is 6.88. The van der Waals surface area contributed by atoms with Crippen LogP contribution in [-0.2, 0) is 4.79 Å². The minimum Gasteiger partial charge on any atom is -0.444 e. The lowest BCUT2D eigenvalue weighted by Crippen LogP contribution is -2.35. The summed E-state index contributed by atoms with van der Waals surface area (Å²) in [5.74, 6) is -2.86. The first-order chi connectivity index (χ1) is 10.4. The monoisotopic (exact) mass is 343 g/mol. The Morgan fingerprint density at radius 1 is 1.48 bits per heavy atom. The number of nitrogens with one attached hydrogen (secondary N) is 2. The predicted octanol–water partition coefficient (Wildman–Crippen LogP) is 3.01. The Balaban J connectivity index is 0.00000192. The van der Waals surface area contributed by atoms with Gasteiger partial charge < -0.3 is 9.73 Å². The highest BCUT2D eigenvalue weighted by Crippen LogP contribution is 2.26. The Morgan fingerprint density at radius 3 is 2.87 bits per heavy atom. The minimum atomic E-state index is -2.83. The number of halogens is 3. The van der Waals surface area contributed by atoms with E-state index in [9.17, 15) is 13.6 Å². The number of aryl methyl sites for hydroxylation is 1. The van der Waals surface area contributed by atoms with Crippen LogP contribution < -0.4 is 10.6 Å². The lowest BCUT2D eigenvalue weighted by atomic mass is 10.1. The fourth-order valence-electron chi connectivity index (χ4n) is 2.35. The molecule has 2 aromatic rings. The Hall–Kier alpha value is -1.99. The summed E-state index contributed by atoms with van der Waals surface area (Å²) >= 11 is 0. The number of carbonyl (C=O) groups is 1. The fourth-order valence-corrected chi connectivity index (χ4v) is 2.35. The fraction of sp³-hybridized carbons (Fsp3) is 0.333. The highest BCUT2D eigenvalue weighted by Gasteiger charge is 2.42. The molecule has 2 heterocycles. The summed E-state index contributed by atoms with van der Waals surface area (Å²) < 4.78 is 31.5. The molecule has 1 aromatic heterocycles. The number of nitrogens with zero attached hydrogens (tertiary/aromatic N) is 1. The van der Waals surface area contributed by atoms with Gasteiger partial charge in [-0.05, 0) is 25.1 Å². The van der Waals surface area contributed by atoms with Crippen molar-refractivity contribution in [2.24, 2.45) is 0 Å². The smallest absolute Gasteiger partial charge is 0.262 e. The SMILES string of the molecule is Cc1coc(-c2cccc(NC(=O)C3CC(F)(F)CN3)c2)n1.Cl. The number of anilines is 1. The summed E-state index contributed by atoms with van der Waals surface area (Å²) in [7, 11) is 0.